The first-order valence-electron chi connectivity index (χ1n) is 6.76. The first-order valence-corrected chi connectivity index (χ1v) is 6.76. The Labute approximate surface area is 107 Å². The lowest BCUT2D eigenvalue weighted by molar-refractivity contribution is -0.141. The minimum Gasteiger partial charge on any atom is -0.481 e. The first kappa shape index (κ1) is 13.3. The SMILES string of the molecule is CC(CCNC(=O)C1C2CCC(C2)C1N)C(=O)O. The number of nitrogens with one attached hydrogen (secondary N) is 1. The van der Waals surface area contributed by atoms with E-state index >= 15 is 0 Å². The van der Waals surface area contributed by atoms with Crippen LogP contribution in [0, 0.1) is 23.7 Å². The van der Waals surface area contributed by atoms with Crippen LogP contribution >= 0.6 is 0 Å². The summed E-state index contributed by atoms with van der Waals surface area (Å²) in [5.74, 6) is -0.304. The molecule has 0 aromatic heterocycles. The van der Waals surface area contributed by atoms with Gasteiger partial charge in [-0.3, -0.25) is 9.59 Å². The van der Waals surface area contributed by atoms with Crippen molar-refractivity contribution in [2.75, 3.05) is 6.54 Å². The Balaban J connectivity index is 1.77. The van der Waals surface area contributed by atoms with Crippen LogP contribution in [0.3, 0.4) is 0 Å². The molecular formula is C13H22N2O3. The average molecular weight is 254 g/mol. The van der Waals surface area contributed by atoms with E-state index in [4.69, 9.17) is 10.8 Å². The van der Waals surface area contributed by atoms with Crippen molar-refractivity contribution in [3.63, 3.8) is 0 Å². The molecular weight excluding hydrogens is 232 g/mol. The van der Waals surface area contributed by atoms with Crippen LogP contribution < -0.4 is 11.1 Å². The number of amides is 1. The molecule has 2 saturated carbocycles. The lowest BCUT2D eigenvalue weighted by Gasteiger charge is -2.27. The number of carbonyl (C=O) groups excluding carboxylic acids is 1. The topological polar surface area (TPSA) is 92.4 Å². The molecule has 2 fully saturated rings. The molecule has 0 heterocycles. The molecule has 5 atom stereocenters. The van der Waals surface area contributed by atoms with E-state index in [0.29, 0.717) is 24.8 Å². The molecule has 5 nitrogen and oxygen atoms in total. The molecule has 4 N–H and O–H groups in total. The smallest absolute Gasteiger partial charge is 0.306 e. The standard InChI is InChI=1S/C13H22N2O3/c1-7(13(17)18)4-5-15-12(16)10-8-2-3-9(6-8)11(10)14/h7-11H,2-6,14H2,1H3,(H,15,16)(H,17,18). The predicted molar refractivity (Wildman–Crippen MR) is 66.7 cm³/mol. The number of nitrogens with two attached hydrogens (primary N) is 1. The van der Waals surface area contributed by atoms with Crippen LogP contribution in [0.4, 0.5) is 0 Å². The number of rotatable bonds is 5. The minimum absolute atomic E-state index is 0.000599. The zero-order valence-electron chi connectivity index (χ0n) is 10.8. The van der Waals surface area contributed by atoms with Gasteiger partial charge in [-0.1, -0.05) is 6.92 Å². The summed E-state index contributed by atoms with van der Waals surface area (Å²) < 4.78 is 0. The van der Waals surface area contributed by atoms with Crippen LogP contribution in [0.15, 0.2) is 0 Å². The van der Waals surface area contributed by atoms with Crippen molar-refractivity contribution in [2.24, 2.45) is 29.4 Å². The largest absolute Gasteiger partial charge is 0.481 e. The zero-order valence-corrected chi connectivity index (χ0v) is 10.8. The summed E-state index contributed by atoms with van der Waals surface area (Å²) >= 11 is 0. The molecule has 0 aliphatic heterocycles. The van der Waals surface area contributed by atoms with Crippen molar-refractivity contribution < 1.29 is 14.7 Å². The van der Waals surface area contributed by atoms with E-state index in [0.717, 1.165) is 19.3 Å². The Morgan fingerprint density at radius 3 is 2.61 bits per heavy atom. The third-order valence-corrected chi connectivity index (χ3v) is 4.58. The van der Waals surface area contributed by atoms with Gasteiger partial charge in [-0.25, -0.2) is 0 Å². The van der Waals surface area contributed by atoms with E-state index in [1.165, 1.54) is 0 Å². The van der Waals surface area contributed by atoms with Crippen LogP contribution in [0.2, 0.25) is 0 Å². The van der Waals surface area contributed by atoms with Gasteiger partial charge in [0.05, 0.1) is 11.8 Å². The Hall–Kier alpha value is -1.10. The monoisotopic (exact) mass is 254 g/mol. The number of fused-ring (bicyclic) bond motifs is 2. The molecule has 0 spiro atoms. The summed E-state index contributed by atoms with van der Waals surface area (Å²) in [6.07, 6.45) is 3.83. The van der Waals surface area contributed by atoms with E-state index in [2.05, 4.69) is 5.32 Å². The molecule has 0 aromatic rings. The van der Waals surface area contributed by atoms with Crippen LogP contribution in [-0.2, 0) is 9.59 Å². The summed E-state index contributed by atoms with van der Waals surface area (Å²) in [7, 11) is 0. The highest BCUT2D eigenvalue weighted by Crippen LogP contribution is 2.47. The fraction of sp³-hybridized carbons (Fsp3) is 0.846. The maximum Gasteiger partial charge on any atom is 0.306 e. The number of carboxylic acid groups (broad SMARTS) is 1. The van der Waals surface area contributed by atoms with Gasteiger partial charge in [-0.2, -0.15) is 0 Å². The van der Waals surface area contributed by atoms with E-state index in [-0.39, 0.29) is 17.9 Å². The van der Waals surface area contributed by atoms with Crippen molar-refractivity contribution >= 4 is 11.9 Å². The highest BCUT2D eigenvalue weighted by molar-refractivity contribution is 5.80. The van der Waals surface area contributed by atoms with Crippen LogP contribution in [0.5, 0.6) is 0 Å². The summed E-state index contributed by atoms with van der Waals surface area (Å²) in [5, 5.41) is 11.6. The molecule has 0 saturated heterocycles. The number of hydrogen-bond acceptors (Lipinski definition) is 3. The number of carbonyl (C=O) groups is 2. The highest BCUT2D eigenvalue weighted by Gasteiger charge is 2.48. The molecule has 1 amide bonds. The molecule has 5 heteroatoms. The minimum atomic E-state index is -0.819. The second kappa shape index (κ2) is 5.26. The highest BCUT2D eigenvalue weighted by atomic mass is 16.4. The van der Waals surface area contributed by atoms with E-state index in [1.54, 1.807) is 6.92 Å². The Kier molecular flexibility index (Phi) is 3.90. The zero-order chi connectivity index (χ0) is 13.3. The Morgan fingerprint density at radius 2 is 2.06 bits per heavy atom. The fourth-order valence-electron chi connectivity index (χ4n) is 3.38. The molecule has 2 bridgehead atoms. The third-order valence-electron chi connectivity index (χ3n) is 4.58. The number of carboxylic acids is 1. The summed E-state index contributed by atoms with van der Waals surface area (Å²) in [6, 6.07) is 0.000599. The maximum absolute atomic E-state index is 12.1. The second-order valence-electron chi connectivity index (χ2n) is 5.76. The van der Waals surface area contributed by atoms with Crippen LogP contribution in [0.1, 0.15) is 32.6 Å². The predicted octanol–water partition coefficient (Wildman–Crippen LogP) is 0.587. The molecule has 2 aliphatic rings. The van der Waals surface area contributed by atoms with Crippen LogP contribution in [0.25, 0.3) is 0 Å². The van der Waals surface area contributed by atoms with Gasteiger partial charge >= 0.3 is 5.97 Å². The van der Waals surface area contributed by atoms with Crippen LogP contribution in [-0.4, -0.2) is 29.6 Å². The Bertz CT molecular complexity index is 343. The third kappa shape index (κ3) is 2.51. The summed E-state index contributed by atoms with van der Waals surface area (Å²) in [5.41, 5.74) is 6.09. The van der Waals surface area contributed by atoms with E-state index in [9.17, 15) is 9.59 Å². The number of hydrogen-bond donors (Lipinski definition) is 3. The van der Waals surface area contributed by atoms with E-state index < -0.39 is 11.9 Å². The van der Waals surface area contributed by atoms with Crippen molar-refractivity contribution in [3.8, 4) is 0 Å². The van der Waals surface area contributed by atoms with Gasteiger partial charge in [0, 0.05) is 12.6 Å². The maximum atomic E-state index is 12.1. The van der Waals surface area contributed by atoms with Gasteiger partial charge in [0.25, 0.3) is 0 Å². The molecule has 18 heavy (non-hydrogen) atoms. The molecule has 0 aromatic carbocycles. The lowest BCUT2D eigenvalue weighted by Crippen LogP contribution is -2.45. The summed E-state index contributed by atoms with van der Waals surface area (Å²) in [6.45, 7) is 2.07. The molecule has 5 unspecified atom stereocenters. The quantitative estimate of drug-likeness (QED) is 0.669. The second-order valence-corrected chi connectivity index (χ2v) is 5.76. The van der Waals surface area contributed by atoms with Gasteiger partial charge < -0.3 is 16.2 Å². The Morgan fingerprint density at radius 1 is 1.39 bits per heavy atom. The molecule has 0 radical (unpaired) electrons. The summed E-state index contributed by atoms with van der Waals surface area (Å²) in [4.78, 5) is 22.7. The first-order chi connectivity index (χ1) is 8.50. The molecule has 2 aliphatic carbocycles. The van der Waals surface area contributed by atoms with Crippen molar-refractivity contribution in [3.05, 3.63) is 0 Å². The average Bonchev–Trinajstić information content (AvgIpc) is 2.88. The fourth-order valence-corrected chi connectivity index (χ4v) is 3.38. The van der Waals surface area contributed by atoms with Gasteiger partial charge in [-0.05, 0) is 37.5 Å². The van der Waals surface area contributed by atoms with Gasteiger partial charge in [0.2, 0.25) is 5.91 Å². The van der Waals surface area contributed by atoms with Gasteiger partial charge in [0.1, 0.15) is 0 Å². The van der Waals surface area contributed by atoms with Gasteiger partial charge in [0.15, 0.2) is 0 Å². The van der Waals surface area contributed by atoms with Crippen molar-refractivity contribution in [1.82, 2.24) is 5.32 Å². The van der Waals surface area contributed by atoms with Gasteiger partial charge in [-0.15, -0.1) is 0 Å². The molecule has 102 valence electrons. The lowest BCUT2D eigenvalue weighted by atomic mass is 9.84. The normalized spacial score (nSPS) is 35.4. The molecule has 2 rings (SSSR count). The van der Waals surface area contributed by atoms with E-state index in [1.807, 2.05) is 0 Å². The number of aliphatic carboxylic acids is 1. The van der Waals surface area contributed by atoms with Crippen molar-refractivity contribution in [1.29, 1.82) is 0 Å². The van der Waals surface area contributed by atoms with Crippen molar-refractivity contribution in [2.45, 2.75) is 38.6 Å².